The average Bonchev–Trinajstić information content (AvgIpc) is 3.18. The first-order valence-electron chi connectivity index (χ1n) is 15.1. The maximum Gasteiger partial charge on any atom is 0.182 e. The van der Waals surface area contributed by atoms with Crippen LogP contribution >= 0.6 is 0 Å². The summed E-state index contributed by atoms with van der Waals surface area (Å²) in [4.78, 5) is 18.4. The Hall–Kier alpha value is -3.24. The summed E-state index contributed by atoms with van der Waals surface area (Å²) in [5.41, 5.74) is 11.4. The number of sulfone groups is 1. The predicted octanol–water partition coefficient (Wildman–Crippen LogP) is 4.54. The third-order valence-corrected chi connectivity index (χ3v) is 11.0. The Morgan fingerprint density at radius 1 is 1.07 bits per heavy atom. The molecule has 6 rings (SSSR count). The van der Waals surface area contributed by atoms with E-state index in [1.165, 1.54) is 5.56 Å². The molecule has 0 saturated carbocycles. The van der Waals surface area contributed by atoms with E-state index in [0.717, 1.165) is 85.7 Å². The van der Waals surface area contributed by atoms with Gasteiger partial charge in [0.2, 0.25) is 0 Å². The van der Waals surface area contributed by atoms with Crippen molar-refractivity contribution >= 4 is 21.5 Å². The molecule has 3 aliphatic rings. The van der Waals surface area contributed by atoms with Crippen LogP contribution < -0.4 is 15.4 Å². The second-order valence-corrected chi connectivity index (χ2v) is 15.1. The highest BCUT2D eigenvalue weighted by Gasteiger charge is 2.31. The number of hydrogen-bond donors (Lipinski definition) is 1. The summed E-state index contributed by atoms with van der Waals surface area (Å²) in [5.74, 6) is 2.39. The number of nitrogens with zero attached hydrogens (tertiary/aromatic N) is 5. The van der Waals surface area contributed by atoms with Crippen molar-refractivity contribution in [1.29, 1.82) is 0 Å². The zero-order valence-electron chi connectivity index (χ0n) is 25.0. The molecule has 1 saturated heterocycles. The smallest absolute Gasteiger partial charge is 0.182 e. The fraction of sp³-hybridized carbons (Fsp3) is 0.531. The molecule has 0 radical (unpaired) electrons. The van der Waals surface area contributed by atoms with Gasteiger partial charge in [-0.2, -0.15) is 0 Å². The molecule has 42 heavy (non-hydrogen) atoms. The fourth-order valence-corrected chi connectivity index (χ4v) is 8.07. The molecule has 3 aromatic rings. The molecule has 0 bridgehead atoms. The lowest BCUT2D eigenvalue weighted by molar-refractivity contribution is 0.216. The molecule has 1 aromatic carbocycles. The maximum atomic E-state index is 13.4. The van der Waals surface area contributed by atoms with Gasteiger partial charge in [0.15, 0.2) is 9.84 Å². The zero-order valence-corrected chi connectivity index (χ0v) is 25.8. The molecule has 0 spiro atoms. The number of benzene rings is 1. The topological polar surface area (TPSA) is 115 Å². The number of likely N-dealkylation sites (tertiary alicyclic amines) is 1. The third kappa shape index (κ3) is 6.10. The van der Waals surface area contributed by atoms with Crippen molar-refractivity contribution in [3.63, 3.8) is 0 Å². The summed E-state index contributed by atoms with van der Waals surface area (Å²) >= 11 is 0. The molecule has 1 fully saturated rings. The van der Waals surface area contributed by atoms with Crippen LogP contribution in [0.4, 0.5) is 11.6 Å². The van der Waals surface area contributed by atoms with Crippen LogP contribution in [0.25, 0.3) is 11.1 Å². The van der Waals surface area contributed by atoms with Crippen molar-refractivity contribution in [3.05, 3.63) is 53.6 Å². The van der Waals surface area contributed by atoms with E-state index in [0.29, 0.717) is 25.5 Å². The van der Waals surface area contributed by atoms with Crippen LogP contribution in [0.15, 0.2) is 41.7 Å². The minimum Gasteiger partial charge on any atom is -0.491 e. The molecule has 2 N–H and O–H groups in total. The van der Waals surface area contributed by atoms with Crippen LogP contribution in [0.5, 0.6) is 5.75 Å². The minimum atomic E-state index is -3.57. The monoisotopic (exact) mass is 590 g/mol. The molecule has 10 heteroatoms. The summed E-state index contributed by atoms with van der Waals surface area (Å²) in [6, 6.07) is 7.70. The number of ether oxygens (including phenoxy) is 1. The Bertz CT molecular complexity index is 1570. The summed E-state index contributed by atoms with van der Waals surface area (Å²) < 4.78 is 33.0. The zero-order chi connectivity index (χ0) is 29.5. The summed E-state index contributed by atoms with van der Waals surface area (Å²) in [5, 5.41) is 0. The van der Waals surface area contributed by atoms with E-state index in [-0.39, 0.29) is 21.9 Å². The Kier molecular flexibility index (Phi) is 7.87. The standard InChI is InChI=1S/C32H42N6O3S/c1-32(2)10-6-27-26(18-32)31(36-21-35-27)38-13-14-41-28-5-4-23(16-25(28)20-38)24-17-29(30(33)34-19-24)42(39,40)15-9-22-7-11-37(3)12-8-22/h4-5,16-17,19,21-22H,6-15,18,20H2,1-3H3,(H2,33,34). The van der Waals surface area contributed by atoms with Gasteiger partial charge in [0.25, 0.3) is 0 Å². The molecule has 2 aromatic heterocycles. The van der Waals surface area contributed by atoms with Gasteiger partial charge < -0.3 is 20.3 Å². The van der Waals surface area contributed by atoms with E-state index >= 15 is 0 Å². The number of nitrogen functional groups attached to an aromatic ring is 1. The Labute approximate surface area is 249 Å². The number of nitrogens with two attached hydrogens (primary N) is 1. The van der Waals surface area contributed by atoms with Crippen LogP contribution in [-0.4, -0.2) is 67.3 Å². The lowest BCUT2D eigenvalue weighted by Gasteiger charge is -2.33. The quantitative estimate of drug-likeness (QED) is 0.442. The number of fused-ring (bicyclic) bond motifs is 2. The number of rotatable bonds is 6. The lowest BCUT2D eigenvalue weighted by atomic mass is 9.76. The van der Waals surface area contributed by atoms with E-state index in [2.05, 4.69) is 46.7 Å². The molecular formula is C32H42N6O3S. The summed E-state index contributed by atoms with van der Waals surface area (Å²) in [6.45, 7) is 8.56. The Morgan fingerprint density at radius 3 is 2.69 bits per heavy atom. The van der Waals surface area contributed by atoms with E-state index in [4.69, 9.17) is 15.5 Å². The first-order valence-corrected chi connectivity index (χ1v) is 16.7. The van der Waals surface area contributed by atoms with Gasteiger partial charge in [-0.05, 0) is 93.8 Å². The highest BCUT2D eigenvalue weighted by Crippen LogP contribution is 2.39. The largest absolute Gasteiger partial charge is 0.491 e. The Morgan fingerprint density at radius 2 is 1.88 bits per heavy atom. The molecule has 2 aliphatic heterocycles. The van der Waals surface area contributed by atoms with Crippen molar-refractivity contribution in [2.75, 3.05) is 49.7 Å². The average molecular weight is 591 g/mol. The predicted molar refractivity (Wildman–Crippen MR) is 165 cm³/mol. The van der Waals surface area contributed by atoms with E-state index in [1.807, 2.05) is 12.1 Å². The van der Waals surface area contributed by atoms with Crippen molar-refractivity contribution in [1.82, 2.24) is 19.9 Å². The number of anilines is 2. The Balaban J connectivity index is 1.25. The van der Waals surface area contributed by atoms with E-state index in [9.17, 15) is 8.42 Å². The van der Waals surface area contributed by atoms with Crippen LogP contribution in [0, 0.1) is 11.3 Å². The number of piperidine rings is 1. The van der Waals surface area contributed by atoms with Crippen molar-refractivity contribution < 1.29 is 13.2 Å². The van der Waals surface area contributed by atoms with Gasteiger partial charge in [0.05, 0.1) is 12.3 Å². The summed E-state index contributed by atoms with van der Waals surface area (Å²) in [7, 11) is -1.46. The molecule has 0 atom stereocenters. The van der Waals surface area contributed by atoms with Crippen molar-refractivity contribution in [2.24, 2.45) is 11.3 Å². The molecule has 4 heterocycles. The molecule has 0 unspecified atom stereocenters. The first-order chi connectivity index (χ1) is 20.1. The van der Waals surface area contributed by atoms with Crippen LogP contribution in [0.2, 0.25) is 0 Å². The lowest BCUT2D eigenvalue weighted by Crippen LogP contribution is -2.31. The first kappa shape index (κ1) is 28.9. The van der Waals surface area contributed by atoms with Gasteiger partial charge in [0, 0.05) is 35.1 Å². The van der Waals surface area contributed by atoms with Gasteiger partial charge in [-0.15, -0.1) is 0 Å². The van der Waals surface area contributed by atoms with Gasteiger partial charge in [0.1, 0.15) is 35.2 Å². The third-order valence-electron chi connectivity index (χ3n) is 9.23. The molecule has 9 nitrogen and oxygen atoms in total. The molecule has 1 aliphatic carbocycles. The molecule has 224 valence electrons. The van der Waals surface area contributed by atoms with Gasteiger partial charge in [-0.3, -0.25) is 0 Å². The summed E-state index contributed by atoms with van der Waals surface area (Å²) in [6.07, 6.45) is 9.10. The fourth-order valence-electron chi connectivity index (χ4n) is 6.53. The van der Waals surface area contributed by atoms with Gasteiger partial charge >= 0.3 is 0 Å². The number of pyridine rings is 1. The molecular weight excluding hydrogens is 548 g/mol. The van der Waals surface area contributed by atoms with Crippen LogP contribution in [-0.2, 0) is 29.2 Å². The SMILES string of the molecule is CN1CCC(CCS(=O)(=O)c2cc(-c3ccc4c(c3)CN(c3ncnc5c3CC(C)(C)CC5)CCO4)cnc2N)CC1. The molecule has 0 amide bonds. The van der Waals surface area contributed by atoms with E-state index in [1.54, 1.807) is 18.6 Å². The van der Waals surface area contributed by atoms with Gasteiger partial charge in [-0.1, -0.05) is 19.9 Å². The maximum absolute atomic E-state index is 13.4. The highest BCUT2D eigenvalue weighted by molar-refractivity contribution is 7.91. The number of aryl methyl sites for hydroxylation is 1. The van der Waals surface area contributed by atoms with Crippen LogP contribution in [0.3, 0.4) is 0 Å². The normalized spacial score (nSPS) is 19.5. The second kappa shape index (κ2) is 11.4. The van der Waals surface area contributed by atoms with Crippen molar-refractivity contribution in [2.45, 2.75) is 63.8 Å². The minimum absolute atomic E-state index is 0.0582. The number of hydrogen-bond acceptors (Lipinski definition) is 9. The van der Waals surface area contributed by atoms with Crippen LogP contribution in [0.1, 0.15) is 56.4 Å². The van der Waals surface area contributed by atoms with Crippen molar-refractivity contribution in [3.8, 4) is 16.9 Å². The van der Waals surface area contributed by atoms with Gasteiger partial charge in [-0.25, -0.2) is 23.4 Å². The van der Waals surface area contributed by atoms with E-state index < -0.39 is 9.84 Å². The number of aromatic nitrogens is 3. The second-order valence-electron chi connectivity index (χ2n) is 13.0. The highest BCUT2D eigenvalue weighted by atomic mass is 32.2.